The number of hydrogen-bond acceptors (Lipinski definition) is 3. The zero-order chi connectivity index (χ0) is 10.8. The normalized spacial score (nSPS) is 32.1. The van der Waals surface area contributed by atoms with Crippen molar-refractivity contribution < 1.29 is 9.84 Å². The van der Waals surface area contributed by atoms with Crippen molar-refractivity contribution in [1.82, 2.24) is 5.32 Å². The van der Waals surface area contributed by atoms with E-state index in [2.05, 4.69) is 12.2 Å². The van der Waals surface area contributed by atoms with E-state index in [-0.39, 0.29) is 12.0 Å². The average Bonchev–Trinajstić information content (AvgIpc) is 2.47. The van der Waals surface area contributed by atoms with Crippen molar-refractivity contribution in [1.29, 1.82) is 0 Å². The highest BCUT2D eigenvalue weighted by Gasteiger charge is 2.29. The first-order chi connectivity index (χ1) is 6.43. The topological polar surface area (TPSA) is 41.5 Å². The number of hydrogen-bond donors (Lipinski definition) is 2. The molecule has 0 amide bonds. The van der Waals surface area contributed by atoms with E-state index in [0.29, 0.717) is 12.6 Å². The van der Waals surface area contributed by atoms with E-state index in [4.69, 9.17) is 4.74 Å². The molecule has 1 rings (SSSR count). The smallest absolute Gasteiger partial charge is 0.0766 e. The Bertz CT molecular complexity index is 180. The van der Waals surface area contributed by atoms with Crippen LogP contribution in [0.2, 0.25) is 0 Å². The van der Waals surface area contributed by atoms with Gasteiger partial charge in [0, 0.05) is 19.2 Å². The van der Waals surface area contributed by atoms with Gasteiger partial charge in [0.1, 0.15) is 0 Å². The van der Waals surface area contributed by atoms with Crippen LogP contribution in [-0.4, -0.2) is 36.0 Å². The molecule has 3 unspecified atom stereocenters. The summed E-state index contributed by atoms with van der Waals surface area (Å²) in [5.41, 5.74) is -0.623. The van der Waals surface area contributed by atoms with Gasteiger partial charge in [0.2, 0.25) is 0 Å². The zero-order valence-corrected chi connectivity index (χ0v) is 9.71. The first-order valence-corrected chi connectivity index (χ1v) is 5.51. The Balaban J connectivity index is 2.32. The Kier molecular flexibility index (Phi) is 3.93. The molecule has 3 atom stereocenters. The summed E-state index contributed by atoms with van der Waals surface area (Å²) in [6.45, 7) is 9.51. The van der Waals surface area contributed by atoms with Gasteiger partial charge >= 0.3 is 0 Å². The second-order valence-corrected chi connectivity index (χ2v) is 4.86. The van der Waals surface area contributed by atoms with Crippen molar-refractivity contribution in [3.63, 3.8) is 0 Å². The number of rotatable bonds is 4. The minimum absolute atomic E-state index is 0.271. The Labute approximate surface area is 86.8 Å². The molecule has 1 aliphatic heterocycles. The summed E-state index contributed by atoms with van der Waals surface area (Å²) in [6, 6.07) is 0.403. The molecule has 3 heteroatoms. The first-order valence-electron chi connectivity index (χ1n) is 5.51. The molecule has 0 aromatic heterocycles. The van der Waals surface area contributed by atoms with E-state index in [9.17, 15) is 5.11 Å². The molecule has 0 spiro atoms. The predicted molar refractivity (Wildman–Crippen MR) is 57.3 cm³/mol. The van der Waals surface area contributed by atoms with Crippen molar-refractivity contribution in [2.24, 2.45) is 5.92 Å². The van der Waals surface area contributed by atoms with E-state index in [0.717, 1.165) is 13.0 Å². The molecule has 14 heavy (non-hydrogen) atoms. The van der Waals surface area contributed by atoms with Crippen molar-refractivity contribution in [2.45, 2.75) is 51.9 Å². The van der Waals surface area contributed by atoms with Gasteiger partial charge in [-0.15, -0.1) is 0 Å². The maximum atomic E-state index is 10.0. The van der Waals surface area contributed by atoms with E-state index in [1.165, 1.54) is 0 Å². The molecule has 0 aromatic rings. The fraction of sp³-hybridized carbons (Fsp3) is 1.00. The van der Waals surface area contributed by atoms with Crippen LogP contribution in [0.4, 0.5) is 0 Å². The van der Waals surface area contributed by atoms with Crippen LogP contribution in [0.25, 0.3) is 0 Å². The molecule has 0 aromatic carbocycles. The van der Waals surface area contributed by atoms with Crippen LogP contribution in [0, 0.1) is 5.92 Å². The third-order valence-corrected chi connectivity index (χ3v) is 3.34. The van der Waals surface area contributed by atoms with Gasteiger partial charge in [-0.3, -0.25) is 0 Å². The maximum absolute atomic E-state index is 10.0. The lowest BCUT2D eigenvalue weighted by Gasteiger charge is -2.30. The fourth-order valence-corrected chi connectivity index (χ4v) is 1.54. The second kappa shape index (κ2) is 4.60. The lowest BCUT2D eigenvalue weighted by atomic mass is 9.92. The molecular weight excluding hydrogens is 178 g/mol. The molecule has 0 saturated carbocycles. The summed E-state index contributed by atoms with van der Waals surface area (Å²) >= 11 is 0. The molecule has 3 nitrogen and oxygen atoms in total. The van der Waals surface area contributed by atoms with Crippen LogP contribution in [0.3, 0.4) is 0 Å². The van der Waals surface area contributed by atoms with Gasteiger partial charge in [-0.1, -0.05) is 13.8 Å². The van der Waals surface area contributed by atoms with E-state index < -0.39 is 5.60 Å². The molecule has 0 aliphatic carbocycles. The molecule has 1 aliphatic rings. The highest BCUT2D eigenvalue weighted by Crippen LogP contribution is 2.17. The van der Waals surface area contributed by atoms with Crippen molar-refractivity contribution in [3.8, 4) is 0 Å². The second-order valence-electron chi connectivity index (χ2n) is 4.86. The van der Waals surface area contributed by atoms with E-state index >= 15 is 0 Å². The third kappa shape index (κ3) is 2.94. The van der Waals surface area contributed by atoms with E-state index in [1.54, 1.807) is 0 Å². The van der Waals surface area contributed by atoms with E-state index in [1.807, 2.05) is 20.8 Å². The molecular formula is C11H23NO2. The molecule has 0 bridgehead atoms. The molecule has 1 fully saturated rings. The van der Waals surface area contributed by atoms with Crippen LogP contribution >= 0.6 is 0 Å². The molecule has 1 heterocycles. The summed E-state index contributed by atoms with van der Waals surface area (Å²) in [5.74, 6) is 0.271. The average molecular weight is 201 g/mol. The van der Waals surface area contributed by atoms with Crippen LogP contribution in [0.5, 0.6) is 0 Å². The summed E-state index contributed by atoms with van der Waals surface area (Å²) < 4.78 is 5.45. The standard InChI is InChI=1S/C11H23NO2/c1-8(2)11(4,13)7-12-10-5-6-14-9(10)3/h8-10,12-13H,5-7H2,1-4H3. The monoisotopic (exact) mass is 201 g/mol. The van der Waals surface area contributed by atoms with Crippen LogP contribution in [0.1, 0.15) is 34.1 Å². The summed E-state index contributed by atoms with van der Waals surface area (Å²) in [4.78, 5) is 0. The van der Waals surface area contributed by atoms with Gasteiger partial charge in [-0.2, -0.15) is 0 Å². The van der Waals surface area contributed by atoms with Gasteiger partial charge < -0.3 is 15.2 Å². The van der Waals surface area contributed by atoms with Crippen LogP contribution in [0.15, 0.2) is 0 Å². The quantitative estimate of drug-likeness (QED) is 0.717. The van der Waals surface area contributed by atoms with Crippen molar-refractivity contribution >= 4 is 0 Å². The largest absolute Gasteiger partial charge is 0.389 e. The van der Waals surface area contributed by atoms with Gasteiger partial charge in [0.25, 0.3) is 0 Å². The van der Waals surface area contributed by atoms with Gasteiger partial charge in [0.15, 0.2) is 0 Å². The Morgan fingerprint density at radius 2 is 2.21 bits per heavy atom. The number of aliphatic hydroxyl groups is 1. The summed E-state index contributed by atoms with van der Waals surface area (Å²) in [6.07, 6.45) is 1.33. The Hall–Kier alpha value is -0.120. The lowest BCUT2D eigenvalue weighted by Crippen LogP contribution is -2.47. The minimum Gasteiger partial charge on any atom is -0.389 e. The van der Waals surface area contributed by atoms with Gasteiger partial charge in [-0.05, 0) is 26.2 Å². The Morgan fingerprint density at radius 3 is 2.64 bits per heavy atom. The first kappa shape index (κ1) is 12.0. The van der Waals surface area contributed by atoms with Crippen molar-refractivity contribution in [2.75, 3.05) is 13.2 Å². The number of ether oxygens (including phenoxy) is 1. The SMILES string of the molecule is CC1OCCC1NCC(C)(O)C(C)C. The highest BCUT2D eigenvalue weighted by molar-refractivity contribution is 4.85. The molecule has 1 saturated heterocycles. The van der Waals surface area contributed by atoms with Gasteiger partial charge in [0.05, 0.1) is 11.7 Å². The molecule has 0 radical (unpaired) electrons. The summed E-state index contributed by atoms with van der Waals surface area (Å²) in [7, 11) is 0. The van der Waals surface area contributed by atoms with Crippen LogP contribution < -0.4 is 5.32 Å². The van der Waals surface area contributed by atoms with Crippen molar-refractivity contribution in [3.05, 3.63) is 0 Å². The maximum Gasteiger partial charge on any atom is 0.0766 e. The molecule has 2 N–H and O–H groups in total. The number of nitrogens with one attached hydrogen (secondary N) is 1. The predicted octanol–water partition coefficient (Wildman–Crippen LogP) is 1.16. The van der Waals surface area contributed by atoms with Crippen LogP contribution in [-0.2, 0) is 4.74 Å². The Morgan fingerprint density at radius 1 is 1.57 bits per heavy atom. The minimum atomic E-state index is -0.623. The van der Waals surface area contributed by atoms with Gasteiger partial charge in [-0.25, -0.2) is 0 Å². The zero-order valence-electron chi connectivity index (χ0n) is 9.71. The molecule has 84 valence electrons. The lowest BCUT2D eigenvalue weighted by molar-refractivity contribution is 0.00914. The fourth-order valence-electron chi connectivity index (χ4n) is 1.54. The highest BCUT2D eigenvalue weighted by atomic mass is 16.5. The summed E-state index contributed by atoms with van der Waals surface area (Å²) in [5, 5.41) is 13.4. The third-order valence-electron chi connectivity index (χ3n) is 3.34.